The number of hydrogen-bond acceptors (Lipinski definition) is 3. The topological polar surface area (TPSA) is 41.1 Å². The molecular formula is C13H17ClN2OS. The highest BCUT2D eigenvalue weighted by molar-refractivity contribution is 7.99. The van der Waals surface area contributed by atoms with E-state index in [2.05, 4.69) is 10.6 Å². The molecule has 1 amide bonds. The van der Waals surface area contributed by atoms with Crippen LogP contribution in [0.3, 0.4) is 0 Å². The molecule has 0 saturated carbocycles. The van der Waals surface area contributed by atoms with E-state index in [4.69, 9.17) is 11.6 Å². The highest BCUT2D eigenvalue weighted by atomic mass is 35.5. The summed E-state index contributed by atoms with van der Waals surface area (Å²) < 4.78 is 0. The van der Waals surface area contributed by atoms with Gasteiger partial charge in [-0.15, -0.1) is 0 Å². The van der Waals surface area contributed by atoms with Crippen LogP contribution in [0.5, 0.6) is 0 Å². The zero-order valence-corrected chi connectivity index (χ0v) is 11.9. The molecule has 1 fully saturated rings. The SMILES string of the molecule is C[C@@H](NC(=O)C1CSCCN1)c1ccc(Cl)cc1. The van der Waals surface area contributed by atoms with E-state index in [1.807, 2.05) is 43.0 Å². The van der Waals surface area contributed by atoms with E-state index in [1.54, 1.807) is 0 Å². The molecule has 2 rings (SSSR count). The third-order valence-electron chi connectivity index (χ3n) is 2.97. The van der Waals surface area contributed by atoms with Gasteiger partial charge >= 0.3 is 0 Å². The Balaban J connectivity index is 1.91. The molecule has 1 aliphatic heterocycles. The van der Waals surface area contributed by atoms with Crippen LogP contribution in [0.1, 0.15) is 18.5 Å². The van der Waals surface area contributed by atoms with Crippen LogP contribution in [0.4, 0.5) is 0 Å². The van der Waals surface area contributed by atoms with E-state index in [9.17, 15) is 4.79 Å². The molecule has 0 bridgehead atoms. The van der Waals surface area contributed by atoms with Crippen LogP contribution in [-0.2, 0) is 4.79 Å². The zero-order valence-electron chi connectivity index (χ0n) is 10.3. The minimum Gasteiger partial charge on any atom is -0.348 e. The lowest BCUT2D eigenvalue weighted by Gasteiger charge is -2.24. The second-order valence-corrected chi connectivity index (χ2v) is 5.95. The summed E-state index contributed by atoms with van der Waals surface area (Å²) >= 11 is 7.66. The van der Waals surface area contributed by atoms with Crippen molar-refractivity contribution in [2.24, 2.45) is 0 Å². The molecule has 1 aromatic rings. The third kappa shape index (κ3) is 3.64. The molecule has 1 aromatic carbocycles. The van der Waals surface area contributed by atoms with Crippen molar-refractivity contribution in [3.8, 4) is 0 Å². The number of thioether (sulfide) groups is 1. The highest BCUT2D eigenvalue weighted by Crippen LogP contribution is 2.16. The van der Waals surface area contributed by atoms with E-state index in [0.717, 1.165) is 23.6 Å². The summed E-state index contributed by atoms with van der Waals surface area (Å²) in [6, 6.07) is 7.50. The number of hydrogen-bond donors (Lipinski definition) is 2. The van der Waals surface area contributed by atoms with Crippen molar-refractivity contribution < 1.29 is 4.79 Å². The van der Waals surface area contributed by atoms with Crippen LogP contribution in [0, 0.1) is 0 Å². The molecule has 2 atom stereocenters. The van der Waals surface area contributed by atoms with Crippen molar-refractivity contribution in [1.29, 1.82) is 0 Å². The van der Waals surface area contributed by atoms with Crippen LogP contribution in [0.2, 0.25) is 5.02 Å². The number of benzene rings is 1. The van der Waals surface area contributed by atoms with Crippen LogP contribution in [0.15, 0.2) is 24.3 Å². The first kappa shape index (κ1) is 13.7. The van der Waals surface area contributed by atoms with Crippen LogP contribution < -0.4 is 10.6 Å². The van der Waals surface area contributed by atoms with Gasteiger partial charge in [0.05, 0.1) is 12.1 Å². The average Bonchev–Trinajstić information content (AvgIpc) is 2.40. The number of nitrogens with one attached hydrogen (secondary N) is 2. The van der Waals surface area contributed by atoms with Crippen molar-refractivity contribution in [2.45, 2.75) is 19.0 Å². The van der Waals surface area contributed by atoms with Gasteiger partial charge in [-0.2, -0.15) is 11.8 Å². The molecule has 5 heteroatoms. The van der Waals surface area contributed by atoms with Gasteiger partial charge in [-0.1, -0.05) is 23.7 Å². The molecule has 18 heavy (non-hydrogen) atoms. The molecule has 1 aliphatic rings. The quantitative estimate of drug-likeness (QED) is 0.894. The first-order valence-electron chi connectivity index (χ1n) is 6.04. The Bertz CT molecular complexity index is 404. The number of rotatable bonds is 3. The zero-order chi connectivity index (χ0) is 13.0. The molecule has 0 aromatic heterocycles. The monoisotopic (exact) mass is 284 g/mol. The standard InChI is InChI=1S/C13H17ClN2OS/c1-9(10-2-4-11(14)5-3-10)16-13(17)12-8-18-7-6-15-12/h2-5,9,12,15H,6-8H2,1H3,(H,16,17)/t9-,12?/m1/s1. The van der Waals surface area contributed by atoms with Gasteiger partial charge in [0, 0.05) is 23.1 Å². The number of carbonyl (C=O) groups excluding carboxylic acids is 1. The molecule has 98 valence electrons. The Morgan fingerprint density at radius 2 is 2.22 bits per heavy atom. The lowest BCUT2D eigenvalue weighted by molar-refractivity contribution is -0.123. The van der Waals surface area contributed by atoms with Gasteiger partial charge in [0.1, 0.15) is 0 Å². The van der Waals surface area contributed by atoms with Crippen molar-refractivity contribution >= 4 is 29.3 Å². The largest absolute Gasteiger partial charge is 0.348 e. The average molecular weight is 285 g/mol. The fraction of sp³-hybridized carbons (Fsp3) is 0.462. The number of amides is 1. The van der Waals surface area contributed by atoms with Gasteiger partial charge < -0.3 is 10.6 Å². The Morgan fingerprint density at radius 1 is 1.50 bits per heavy atom. The first-order chi connectivity index (χ1) is 8.66. The van der Waals surface area contributed by atoms with E-state index in [0.29, 0.717) is 5.02 Å². The molecule has 0 spiro atoms. The van der Waals surface area contributed by atoms with Gasteiger partial charge in [0.15, 0.2) is 0 Å². The van der Waals surface area contributed by atoms with Gasteiger partial charge in [0.25, 0.3) is 0 Å². The van der Waals surface area contributed by atoms with Crippen LogP contribution >= 0.6 is 23.4 Å². The van der Waals surface area contributed by atoms with Gasteiger partial charge in [-0.3, -0.25) is 4.79 Å². The minimum atomic E-state index is -0.0708. The lowest BCUT2D eigenvalue weighted by Crippen LogP contribution is -2.49. The molecule has 2 N–H and O–H groups in total. The van der Waals surface area contributed by atoms with E-state index in [-0.39, 0.29) is 18.0 Å². The van der Waals surface area contributed by atoms with Gasteiger partial charge in [-0.25, -0.2) is 0 Å². The second-order valence-electron chi connectivity index (χ2n) is 4.36. The van der Waals surface area contributed by atoms with Crippen molar-refractivity contribution in [3.05, 3.63) is 34.9 Å². The Hall–Kier alpha value is -0.710. The Morgan fingerprint density at radius 3 is 2.83 bits per heavy atom. The normalized spacial score (nSPS) is 21.3. The molecule has 1 saturated heterocycles. The van der Waals surface area contributed by atoms with Crippen LogP contribution in [-0.4, -0.2) is 30.0 Å². The Kier molecular flexibility index (Phi) is 4.92. The molecule has 1 unspecified atom stereocenters. The van der Waals surface area contributed by atoms with Gasteiger partial charge in [-0.05, 0) is 24.6 Å². The summed E-state index contributed by atoms with van der Waals surface area (Å²) in [5.74, 6) is 2.00. The van der Waals surface area contributed by atoms with E-state index in [1.165, 1.54) is 0 Å². The summed E-state index contributed by atoms with van der Waals surface area (Å²) in [4.78, 5) is 12.0. The van der Waals surface area contributed by atoms with Crippen molar-refractivity contribution in [1.82, 2.24) is 10.6 Å². The van der Waals surface area contributed by atoms with E-state index < -0.39 is 0 Å². The fourth-order valence-corrected chi connectivity index (χ4v) is 2.94. The third-order valence-corrected chi connectivity index (χ3v) is 4.28. The maximum Gasteiger partial charge on any atom is 0.238 e. The smallest absolute Gasteiger partial charge is 0.238 e. The maximum absolute atomic E-state index is 12.0. The highest BCUT2D eigenvalue weighted by Gasteiger charge is 2.22. The molecular weight excluding hydrogens is 268 g/mol. The fourth-order valence-electron chi connectivity index (χ4n) is 1.88. The number of carbonyl (C=O) groups is 1. The summed E-state index contributed by atoms with van der Waals surface area (Å²) in [7, 11) is 0. The predicted octanol–water partition coefficient (Wildman–Crippen LogP) is 2.22. The lowest BCUT2D eigenvalue weighted by atomic mass is 10.1. The second kappa shape index (κ2) is 6.45. The number of halogens is 1. The van der Waals surface area contributed by atoms with Crippen molar-refractivity contribution in [3.63, 3.8) is 0 Å². The summed E-state index contributed by atoms with van der Waals surface area (Å²) in [6.45, 7) is 2.88. The summed E-state index contributed by atoms with van der Waals surface area (Å²) in [5.41, 5.74) is 1.07. The first-order valence-corrected chi connectivity index (χ1v) is 7.57. The predicted molar refractivity (Wildman–Crippen MR) is 77.1 cm³/mol. The van der Waals surface area contributed by atoms with Crippen LogP contribution in [0.25, 0.3) is 0 Å². The summed E-state index contributed by atoms with van der Waals surface area (Å²) in [6.07, 6.45) is 0. The van der Waals surface area contributed by atoms with E-state index >= 15 is 0 Å². The summed E-state index contributed by atoms with van der Waals surface area (Å²) in [5, 5.41) is 6.97. The van der Waals surface area contributed by atoms with Crippen molar-refractivity contribution in [2.75, 3.05) is 18.1 Å². The minimum absolute atomic E-state index is 0.00323. The van der Waals surface area contributed by atoms with Gasteiger partial charge in [0.2, 0.25) is 5.91 Å². The molecule has 1 heterocycles. The Labute approximate surface area is 117 Å². The molecule has 3 nitrogen and oxygen atoms in total. The molecule has 0 radical (unpaired) electrons. The maximum atomic E-state index is 12.0. The molecule has 0 aliphatic carbocycles.